The summed E-state index contributed by atoms with van der Waals surface area (Å²) in [5.41, 5.74) is 0.559. The second kappa shape index (κ2) is 3.89. The lowest BCUT2D eigenvalue weighted by atomic mass is 10.2. The molecule has 0 bridgehead atoms. The number of rotatable bonds is 2. The van der Waals surface area contributed by atoms with Crippen LogP contribution in [-0.4, -0.2) is 26.0 Å². The maximum Gasteiger partial charge on any atom is 0.360 e. The first-order valence-electron chi connectivity index (χ1n) is 4.77. The average molecular weight is 236 g/mol. The zero-order chi connectivity index (χ0) is 12.6. The van der Waals surface area contributed by atoms with E-state index in [2.05, 4.69) is 5.10 Å². The Morgan fingerprint density at radius 3 is 2.65 bits per heavy atom. The SMILES string of the molecule is Cc1cc(F)cc(-n2cc(O)c(C(=O)O)n2)c1. The van der Waals surface area contributed by atoms with E-state index in [0.717, 1.165) is 10.9 Å². The standard InChI is InChI=1S/C11H9FN2O3/c1-6-2-7(12)4-8(3-6)14-5-9(15)10(13-14)11(16)17/h2-5,15H,1H3,(H,16,17). The van der Waals surface area contributed by atoms with Crippen molar-refractivity contribution in [1.82, 2.24) is 9.78 Å². The summed E-state index contributed by atoms with van der Waals surface area (Å²) in [5, 5.41) is 21.7. The normalized spacial score (nSPS) is 10.5. The Morgan fingerprint density at radius 2 is 2.12 bits per heavy atom. The van der Waals surface area contributed by atoms with Gasteiger partial charge in [0.05, 0.1) is 11.9 Å². The van der Waals surface area contributed by atoms with E-state index >= 15 is 0 Å². The molecule has 0 aliphatic carbocycles. The van der Waals surface area contributed by atoms with Crippen LogP contribution in [0.25, 0.3) is 5.69 Å². The molecule has 1 heterocycles. The summed E-state index contributed by atoms with van der Waals surface area (Å²) in [4.78, 5) is 10.7. The molecule has 2 rings (SSSR count). The molecular formula is C11H9FN2O3. The molecule has 0 fully saturated rings. The summed E-state index contributed by atoms with van der Waals surface area (Å²) < 4.78 is 14.3. The molecule has 17 heavy (non-hydrogen) atoms. The van der Waals surface area contributed by atoms with Gasteiger partial charge in [-0.2, -0.15) is 5.10 Å². The zero-order valence-electron chi connectivity index (χ0n) is 8.88. The number of aromatic carboxylic acids is 1. The number of hydrogen-bond donors (Lipinski definition) is 2. The molecule has 0 aliphatic rings. The van der Waals surface area contributed by atoms with Crippen LogP contribution in [-0.2, 0) is 0 Å². The van der Waals surface area contributed by atoms with Gasteiger partial charge in [-0.05, 0) is 30.7 Å². The van der Waals surface area contributed by atoms with Crippen LogP contribution in [0.2, 0.25) is 0 Å². The van der Waals surface area contributed by atoms with Crippen LogP contribution in [0.4, 0.5) is 4.39 Å². The predicted molar refractivity (Wildman–Crippen MR) is 56.9 cm³/mol. The van der Waals surface area contributed by atoms with Crippen molar-refractivity contribution in [3.05, 3.63) is 41.5 Å². The van der Waals surface area contributed by atoms with Gasteiger partial charge in [0.25, 0.3) is 0 Å². The van der Waals surface area contributed by atoms with E-state index in [-0.39, 0.29) is 0 Å². The van der Waals surface area contributed by atoms with Crippen molar-refractivity contribution in [2.24, 2.45) is 0 Å². The Morgan fingerprint density at radius 1 is 1.41 bits per heavy atom. The summed E-state index contributed by atoms with van der Waals surface area (Å²) in [5.74, 6) is -2.25. The van der Waals surface area contributed by atoms with E-state index in [9.17, 15) is 14.3 Å². The fourth-order valence-corrected chi connectivity index (χ4v) is 1.50. The molecular weight excluding hydrogens is 227 g/mol. The number of benzene rings is 1. The topological polar surface area (TPSA) is 75.4 Å². The number of aromatic hydroxyl groups is 1. The molecule has 2 aromatic rings. The largest absolute Gasteiger partial charge is 0.504 e. The Kier molecular flexibility index (Phi) is 2.55. The smallest absolute Gasteiger partial charge is 0.360 e. The monoisotopic (exact) mass is 236 g/mol. The Balaban J connectivity index is 2.53. The van der Waals surface area contributed by atoms with E-state index in [1.807, 2.05) is 0 Å². The number of carboxylic acids is 1. The number of aryl methyl sites for hydroxylation is 1. The average Bonchev–Trinajstić information content (AvgIpc) is 2.59. The van der Waals surface area contributed by atoms with E-state index in [1.165, 1.54) is 12.1 Å². The molecule has 0 unspecified atom stereocenters. The fraction of sp³-hybridized carbons (Fsp3) is 0.0909. The van der Waals surface area contributed by atoms with E-state index in [1.54, 1.807) is 13.0 Å². The number of carbonyl (C=O) groups is 1. The van der Waals surface area contributed by atoms with Gasteiger partial charge >= 0.3 is 5.97 Å². The van der Waals surface area contributed by atoms with Gasteiger partial charge in [-0.1, -0.05) is 0 Å². The lowest BCUT2D eigenvalue weighted by molar-refractivity contribution is 0.0687. The molecule has 0 amide bonds. The number of aromatic nitrogens is 2. The minimum Gasteiger partial charge on any atom is -0.504 e. The van der Waals surface area contributed by atoms with Crippen molar-refractivity contribution in [1.29, 1.82) is 0 Å². The van der Waals surface area contributed by atoms with Crippen molar-refractivity contribution in [3.63, 3.8) is 0 Å². The van der Waals surface area contributed by atoms with Crippen LogP contribution in [0.1, 0.15) is 16.1 Å². The molecule has 0 spiro atoms. The van der Waals surface area contributed by atoms with Gasteiger partial charge in [0.1, 0.15) is 5.82 Å². The number of nitrogens with zero attached hydrogens (tertiary/aromatic N) is 2. The molecule has 1 aromatic heterocycles. The Labute approximate surface area is 95.7 Å². The van der Waals surface area contributed by atoms with Crippen LogP contribution in [0, 0.1) is 12.7 Å². The fourth-order valence-electron chi connectivity index (χ4n) is 1.50. The van der Waals surface area contributed by atoms with Gasteiger partial charge in [-0.25, -0.2) is 13.9 Å². The highest BCUT2D eigenvalue weighted by Gasteiger charge is 2.15. The summed E-state index contributed by atoms with van der Waals surface area (Å²) in [6, 6.07) is 4.16. The van der Waals surface area contributed by atoms with Crippen LogP contribution in [0.15, 0.2) is 24.4 Å². The maximum atomic E-state index is 13.2. The van der Waals surface area contributed by atoms with Crippen molar-refractivity contribution in [2.75, 3.05) is 0 Å². The van der Waals surface area contributed by atoms with Crippen molar-refractivity contribution < 1.29 is 19.4 Å². The summed E-state index contributed by atoms with van der Waals surface area (Å²) >= 11 is 0. The predicted octanol–water partition coefficient (Wildman–Crippen LogP) is 1.72. The minimum atomic E-state index is -1.34. The highest BCUT2D eigenvalue weighted by atomic mass is 19.1. The molecule has 0 radical (unpaired) electrons. The molecule has 0 saturated carbocycles. The third-order valence-corrected chi connectivity index (χ3v) is 2.19. The second-order valence-electron chi connectivity index (χ2n) is 3.60. The third kappa shape index (κ3) is 2.10. The molecule has 5 nitrogen and oxygen atoms in total. The van der Waals surface area contributed by atoms with Crippen LogP contribution >= 0.6 is 0 Å². The molecule has 88 valence electrons. The number of hydrogen-bond acceptors (Lipinski definition) is 3. The van der Waals surface area contributed by atoms with Gasteiger partial charge in [0.15, 0.2) is 5.75 Å². The number of carboxylic acid groups (broad SMARTS) is 1. The molecule has 1 aromatic carbocycles. The lowest BCUT2D eigenvalue weighted by Crippen LogP contribution is -2.01. The molecule has 0 atom stereocenters. The minimum absolute atomic E-state index is 0.352. The summed E-state index contributed by atoms with van der Waals surface area (Å²) in [6.07, 6.45) is 1.12. The maximum absolute atomic E-state index is 13.2. The van der Waals surface area contributed by atoms with Gasteiger partial charge in [0, 0.05) is 0 Å². The van der Waals surface area contributed by atoms with Gasteiger partial charge in [-0.15, -0.1) is 0 Å². The first-order valence-corrected chi connectivity index (χ1v) is 4.77. The van der Waals surface area contributed by atoms with E-state index < -0.39 is 23.2 Å². The van der Waals surface area contributed by atoms with Crippen molar-refractivity contribution in [2.45, 2.75) is 6.92 Å². The molecule has 0 aliphatic heterocycles. The van der Waals surface area contributed by atoms with Gasteiger partial charge in [0.2, 0.25) is 5.69 Å². The highest BCUT2D eigenvalue weighted by Crippen LogP contribution is 2.19. The quantitative estimate of drug-likeness (QED) is 0.832. The van der Waals surface area contributed by atoms with Crippen LogP contribution < -0.4 is 0 Å². The van der Waals surface area contributed by atoms with Crippen molar-refractivity contribution >= 4 is 5.97 Å². The molecule has 0 saturated heterocycles. The van der Waals surface area contributed by atoms with E-state index in [4.69, 9.17) is 5.11 Å². The third-order valence-electron chi connectivity index (χ3n) is 2.19. The molecule has 2 N–H and O–H groups in total. The Hall–Kier alpha value is -2.37. The van der Waals surface area contributed by atoms with Gasteiger partial charge in [-0.3, -0.25) is 0 Å². The first kappa shape index (κ1) is 11.1. The van der Waals surface area contributed by atoms with Crippen molar-refractivity contribution in [3.8, 4) is 11.4 Å². The van der Waals surface area contributed by atoms with Gasteiger partial charge < -0.3 is 10.2 Å². The van der Waals surface area contributed by atoms with Crippen LogP contribution in [0.5, 0.6) is 5.75 Å². The summed E-state index contributed by atoms with van der Waals surface area (Å²) in [6.45, 7) is 1.70. The Bertz CT molecular complexity index is 572. The van der Waals surface area contributed by atoms with E-state index in [0.29, 0.717) is 11.3 Å². The first-order chi connectivity index (χ1) is 7.97. The lowest BCUT2D eigenvalue weighted by Gasteiger charge is -2.02. The molecule has 6 heteroatoms. The zero-order valence-corrected chi connectivity index (χ0v) is 8.88. The highest BCUT2D eigenvalue weighted by molar-refractivity contribution is 5.88. The number of halogens is 1. The van der Waals surface area contributed by atoms with Crippen LogP contribution in [0.3, 0.4) is 0 Å². The summed E-state index contributed by atoms with van der Waals surface area (Å²) in [7, 11) is 0. The second-order valence-corrected chi connectivity index (χ2v) is 3.60.